The SMILES string of the molecule is CC(C)Oc1cccc([P@@](CN[C@@H](C)[C@H](O)c2ccccc2)c2ccccc2)c1. The molecule has 0 aliphatic carbocycles. The molecule has 152 valence electrons. The summed E-state index contributed by atoms with van der Waals surface area (Å²) < 4.78 is 5.91. The molecule has 0 bridgehead atoms. The molecule has 29 heavy (non-hydrogen) atoms. The summed E-state index contributed by atoms with van der Waals surface area (Å²) in [5.41, 5.74) is 0.934. The predicted molar refractivity (Wildman–Crippen MR) is 124 cm³/mol. The van der Waals surface area contributed by atoms with Gasteiger partial charge in [0, 0.05) is 12.3 Å². The Morgan fingerprint density at radius 2 is 1.45 bits per heavy atom. The van der Waals surface area contributed by atoms with E-state index >= 15 is 0 Å². The maximum Gasteiger partial charge on any atom is 0.120 e. The second-order valence-corrected chi connectivity index (χ2v) is 9.64. The van der Waals surface area contributed by atoms with Crippen molar-refractivity contribution in [3.63, 3.8) is 0 Å². The van der Waals surface area contributed by atoms with Gasteiger partial charge in [-0.3, -0.25) is 0 Å². The molecule has 0 aromatic heterocycles. The lowest BCUT2D eigenvalue weighted by molar-refractivity contribution is 0.139. The number of aliphatic hydroxyl groups is 1. The van der Waals surface area contributed by atoms with E-state index in [0.717, 1.165) is 17.6 Å². The van der Waals surface area contributed by atoms with Gasteiger partial charge < -0.3 is 15.2 Å². The molecule has 0 fully saturated rings. The van der Waals surface area contributed by atoms with Crippen LogP contribution in [-0.4, -0.2) is 23.5 Å². The van der Waals surface area contributed by atoms with E-state index < -0.39 is 14.0 Å². The van der Waals surface area contributed by atoms with Crippen LogP contribution in [0.4, 0.5) is 0 Å². The average Bonchev–Trinajstić information content (AvgIpc) is 2.74. The Kier molecular flexibility index (Phi) is 7.83. The number of ether oxygens (including phenoxy) is 1. The molecule has 2 N–H and O–H groups in total. The Labute approximate surface area is 175 Å². The minimum atomic E-state index is -0.620. The highest BCUT2D eigenvalue weighted by atomic mass is 31.1. The van der Waals surface area contributed by atoms with Crippen molar-refractivity contribution in [2.45, 2.75) is 39.0 Å². The van der Waals surface area contributed by atoms with Crippen LogP contribution in [0, 0.1) is 0 Å². The van der Waals surface area contributed by atoms with E-state index in [1.807, 2.05) is 63.2 Å². The third-order valence-corrected chi connectivity index (χ3v) is 7.08. The van der Waals surface area contributed by atoms with Crippen molar-refractivity contribution in [3.8, 4) is 5.75 Å². The number of nitrogens with one attached hydrogen (secondary N) is 1. The molecule has 3 rings (SSSR count). The first-order valence-electron chi connectivity index (χ1n) is 10.1. The molecular formula is C25H30NO2P. The summed E-state index contributed by atoms with van der Waals surface area (Å²) in [6, 6.07) is 28.7. The van der Waals surface area contributed by atoms with E-state index in [0.29, 0.717) is 0 Å². The van der Waals surface area contributed by atoms with Crippen LogP contribution in [0.25, 0.3) is 0 Å². The van der Waals surface area contributed by atoms with Crippen molar-refractivity contribution >= 4 is 18.5 Å². The van der Waals surface area contributed by atoms with E-state index in [-0.39, 0.29) is 12.1 Å². The van der Waals surface area contributed by atoms with Gasteiger partial charge in [-0.1, -0.05) is 72.8 Å². The molecule has 0 aliphatic heterocycles. The summed E-state index contributed by atoms with van der Waals surface area (Å²) >= 11 is 0. The first kappa shape index (κ1) is 21.5. The van der Waals surface area contributed by atoms with Crippen molar-refractivity contribution in [1.29, 1.82) is 0 Å². The zero-order valence-corrected chi connectivity index (χ0v) is 18.2. The summed E-state index contributed by atoms with van der Waals surface area (Å²) in [6.45, 7) is 6.12. The van der Waals surface area contributed by atoms with Crippen LogP contribution >= 0.6 is 7.92 Å². The molecule has 0 saturated carbocycles. The highest BCUT2D eigenvalue weighted by Crippen LogP contribution is 2.34. The van der Waals surface area contributed by atoms with Crippen LogP contribution in [-0.2, 0) is 0 Å². The number of rotatable bonds is 9. The predicted octanol–water partition coefficient (Wildman–Crippen LogP) is 4.58. The monoisotopic (exact) mass is 407 g/mol. The van der Waals surface area contributed by atoms with Crippen LogP contribution in [0.3, 0.4) is 0 Å². The van der Waals surface area contributed by atoms with Gasteiger partial charge in [0.2, 0.25) is 0 Å². The molecule has 3 nitrogen and oxygen atoms in total. The van der Waals surface area contributed by atoms with Gasteiger partial charge in [-0.2, -0.15) is 0 Å². The van der Waals surface area contributed by atoms with Crippen LogP contribution in [0.5, 0.6) is 5.75 Å². The molecule has 0 amide bonds. The Balaban J connectivity index is 1.78. The van der Waals surface area contributed by atoms with Crippen molar-refractivity contribution in [3.05, 3.63) is 90.5 Å². The third kappa shape index (κ3) is 6.14. The molecule has 3 atom stereocenters. The van der Waals surface area contributed by atoms with Gasteiger partial charge in [0.15, 0.2) is 0 Å². The highest BCUT2D eigenvalue weighted by molar-refractivity contribution is 7.72. The van der Waals surface area contributed by atoms with Crippen LogP contribution < -0.4 is 20.7 Å². The smallest absolute Gasteiger partial charge is 0.120 e. The average molecular weight is 407 g/mol. The van der Waals surface area contributed by atoms with Crippen molar-refractivity contribution in [1.82, 2.24) is 5.32 Å². The third-order valence-electron chi connectivity index (χ3n) is 4.76. The summed E-state index contributed by atoms with van der Waals surface area (Å²) in [7, 11) is -0.620. The molecule has 4 heteroatoms. The Morgan fingerprint density at radius 1 is 0.828 bits per heavy atom. The second kappa shape index (κ2) is 10.5. The van der Waals surface area contributed by atoms with E-state index in [2.05, 4.69) is 47.8 Å². The van der Waals surface area contributed by atoms with E-state index in [9.17, 15) is 5.11 Å². The molecule has 0 heterocycles. The van der Waals surface area contributed by atoms with Gasteiger partial charge in [0.05, 0.1) is 12.2 Å². The molecule has 0 spiro atoms. The molecule has 3 aromatic carbocycles. The summed E-state index contributed by atoms with van der Waals surface area (Å²) in [5.74, 6) is 0.901. The quantitative estimate of drug-likeness (QED) is 0.511. The summed E-state index contributed by atoms with van der Waals surface area (Å²) in [5, 5.41) is 16.9. The Hall–Kier alpha value is -2.19. The summed E-state index contributed by atoms with van der Waals surface area (Å²) in [4.78, 5) is 0. The fourth-order valence-corrected chi connectivity index (χ4v) is 5.44. The van der Waals surface area contributed by atoms with Crippen LogP contribution in [0.1, 0.15) is 32.4 Å². The topological polar surface area (TPSA) is 41.5 Å². The first-order valence-corrected chi connectivity index (χ1v) is 11.6. The van der Waals surface area contributed by atoms with Gasteiger partial charge in [-0.05, 0) is 57.0 Å². The van der Waals surface area contributed by atoms with Crippen LogP contribution in [0.15, 0.2) is 84.9 Å². The van der Waals surface area contributed by atoms with Crippen molar-refractivity contribution in [2.24, 2.45) is 0 Å². The molecule has 0 aliphatic rings. The standard InChI is InChI=1S/C25H30NO2P/c1-19(2)28-22-13-10-16-24(17-22)29(23-14-8-5-9-15-23)18-26-20(3)25(27)21-11-6-4-7-12-21/h4-17,19-20,25-27H,18H2,1-3H3/t20-,25-,29-/m0/s1. The Morgan fingerprint density at radius 3 is 2.10 bits per heavy atom. The van der Waals surface area contributed by atoms with Gasteiger partial charge in [-0.25, -0.2) is 0 Å². The fraction of sp³-hybridized carbons (Fsp3) is 0.280. The minimum absolute atomic E-state index is 0.0544. The maximum absolute atomic E-state index is 10.7. The lowest BCUT2D eigenvalue weighted by atomic mass is 10.0. The lowest BCUT2D eigenvalue weighted by Gasteiger charge is -2.25. The minimum Gasteiger partial charge on any atom is -0.491 e. The number of aliphatic hydroxyl groups excluding tert-OH is 1. The molecular weight excluding hydrogens is 377 g/mol. The molecule has 0 unspecified atom stereocenters. The Bertz CT molecular complexity index is 870. The number of benzene rings is 3. The number of hydrogen-bond acceptors (Lipinski definition) is 3. The maximum atomic E-state index is 10.7. The first-order chi connectivity index (χ1) is 14.0. The van der Waals surface area contributed by atoms with Crippen molar-refractivity contribution in [2.75, 3.05) is 6.29 Å². The summed E-state index contributed by atoms with van der Waals surface area (Å²) in [6.07, 6.45) is 0.391. The number of hydrogen-bond donors (Lipinski definition) is 2. The molecule has 0 radical (unpaired) electrons. The second-order valence-electron chi connectivity index (χ2n) is 7.43. The van der Waals surface area contributed by atoms with E-state index in [1.54, 1.807) is 0 Å². The van der Waals surface area contributed by atoms with Gasteiger partial charge in [0.25, 0.3) is 0 Å². The van der Waals surface area contributed by atoms with Crippen LogP contribution in [0.2, 0.25) is 0 Å². The van der Waals surface area contributed by atoms with Gasteiger partial charge in [-0.15, -0.1) is 0 Å². The van der Waals surface area contributed by atoms with E-state index in [1.165, 1.54) is 10.6 Å². The molecule has 3 aromatic rings. The lowest BCUT2D eigenvalue weighted by Crippen LogP contribution is -2.34. The van der Waals surface area contributed by atoms with Gasteiger partial charge >= 0.3 is 0 Å². The fourth-order valence-electron chi connectivity index (χ4n) is 3.22. The zero-order chi connectivity index (χ0) is 20.6. The highest BCUT2D eigenvalue weighted by Gasteiger charge is 2.20. The zero-order valence-electron chi connectivity index (χ0n) is 17.3. The van der Waals surface area contributed by atoms with Crippen molar-refractivity contribution < 1.29 is 9.84 Å². The largest absolute Gasteiger partial charge is 0.491 e. The normalized spacial score (nSPS) is 14.4. The molecule has 0 saturated heterocycles. The van der Waals surface area contributed by atoms with E-state index in [4.69, 9.17) is 4.74 Å². The van der Waals surface area contributed by atoms with Gasteiger partial charge in [0.1, 0.15) is 5.75 Å².